The Balaban J connectivity index is 1.31. The van der Waals surface area contributed by atoms with Gasteiger partial charge in [-0.15, -0.1) is 0 Å². The molecular weight excluding hydrogens is 605 g/mol. The summed E-state index contributed by atoms with van der Waals surface area (Å²) in [5.74, 6) is 0. The average Bonchev–Trinajstić information content (AvgIpc) is 3.72. The number of hydrogen-bond donors (Lipinski definition) is 0. The first-order chi connectivity index (χ1) is 24.9. The third-order valence-electron chi connectivity index (χ3n) is 10.1. The van der Waals surface area contributed by atoms with Gasteiger partial charge in [-0.25, -0.2) is 0 Å². The van der Waals surface area contributed by atoms with Crippen LogP contribution in [-0.2, 0) is 0 Å². The second-order valence-electron chi connectivity index (χ2n) is 12.9. The lowest BCUT2D eigenvalue weighted by Crippen LogP contribution is -1.99. The molecule has 0 N–H and O–H groups in total. The van der Waals surface area contributed by atoms with Crippen LogP contribution in [0, 0.1) is 0 Å². The first-order valence-electron chi connectivity index (χ1n) is 17.2. The van der Waals surface area contributed by atoms with Gasteiger partial charge in [-0.3, -0.25) is 0 Å². The minimum Gasteiger partial charge on any atom is -0.309 e. The molecule has 2 heteroatoms. The third-order valence-corrected chi connectivity index (χ3v) is 10.1. The monoisotopic (exact) mass is 636 g/mol. The normalized spacial score (nSPS) is 11.6. The van der Waals surface area contributed by atoms with Crippen LogP contribution in [0.2, 0.25) is 0 Å². The minimum atomic E-state index is 1.16. The average molecular weight is 637 g/mol. The summed E-state index contributed by atoms with van der Waals surface area (Å²) in [5.41, 5.74) is 14.4. The van der Waals surface area contributed by atoms with E-state index in [1.54, 1.807) is 0 Å². The van der Waals surface area contributed by atoms with Crippen LogP contribution in [0.15, 0.2) is 194 Å². The van der Waals surface area contributed by atoms with Crippen molar-refractivity contribution in [2.45, 2.75) is 0 Å². The van der Waals surface area contributed by atoms with Gasteiger partial charge in [0.2, 0.25) is 0 Å². The highest BCUT2D eigenvalue weighted by molar-refractivity contribution is 6.22. The fraction of sp³-hybridized carbons (Fsp3) is 0. The van der Waals surface area contributed by atoms with Crippen molar-refractivity contribution >= 4 is 43.6 Å². The van der Waals surface area contributed by atoms with E-state index in [0.29, 0.717) is 0 Å². The number of rotatable bonds is 5. The molecule has 0 amide bonds. The number of para-hydroxylation sites is 3. The van der Waals surface area contributed by atoms with E-state index in [0.717, 1.165) is 5.69 Å². The molecule has 0 aliphatic rings. The Hall–Kier alpha value is -6.64. The molecule has 0 atom stereocenters. The fourth-order valence-corrected chi connectivity index (χ4v) is 8.10. The molecule has 0 fully saturated rings. The van der Waals surface area contributed by atoms with Gasteiger partial charge in [-0.05, 0) is 70.3 Å². The highest BCUT2D eigenvalue weighted by Gasteiger charge is 2.22. The van der Waals surface area contributed by atoms with E-state index in [2.05, 4.69) is 203 Å². The van der Waals surface area contributed by atoms with E-state index in [1.807, 2.05) is 0 Å². The smallest absolute Gasteiger partial charge is 0.0547 e. The zero-order valence-corrected chi connectivity index (χ0v) is 27.4. The van der Waals surface area contributed by atoms with Gasteiger partial charge in [-0.1, -0.05) is 152 Å². The highest BCUT2D eigenvalue weighted by atomic mass is 15.0. The van der Waals surface area contributed by atoms with E-state index in [4.69, 9.17) is 0 Å². The second-order valence-corrected chi connectivity index (χ2v) is 12.9. The van der Waals surface area contributed by atoms with Crippen molar-refractivity contribution < 1.29 is 0 Å². The molecular formula is C48H32N2. The Kier molecular flexibility index (Phi) is 6.53. The first kappa shape index (κ1) is 28.4. The number of benzene rings is 8. The van der Waals surface area contributed by atoms with Crippen molar-refractivity contribution in [2.75, 3.05) is 0 Å². The predicted octanol–water partition coefficient (Wildman–Crippen LogP) is 12.9. The van der Waals surface area contributed by atoms with Crippen LogP contribution in [0.3, 0.4) is 0 Å². The maximum Gasteiger partial charge on any atom is 0.0547 e. The summed E-state index contributed by atoms with van der Waals surface area (Å²) in [4.78, 5) is 0. The fourth-order valence-electron chi connectivity index (χ4n) is 8.10. The van der Waals surface area contributed by atoms with Gasteiger partial charge in [0.05, 0.1) is 27.8 Å². The maximum absolute atomic E-state index is 2.48. The zero-order valence-electron chi connectivity index (χ0n) is 27.4. The molecule has 0 saturated heterocycles. The standard InChI is InChI=1S/C48H32N2/c1-4-17-33(18-5-1)36-25-14-30-43(46(36)34-19-6-2-7-20-34)50-42-29-13-11-24-40(42)48-38(27-16-32-45(48)50)37-26-15-31-44-47(37)39-23-10-12-28-41(39)49(44)35-21-8-3-9-22-35/h1-32H. The van der Waals surface area contributed by atoms with Crippen LogP contribution in [0.1, 0.15) is 0 Å². The number of nitrogens with zero attached hydrogens (tertiary/aromatic N) is 2. The van der Waals surface area contributed by atoms with E-state index in [1.165, 1.54) is 82.7 Å². The van der Waals surface area contributed by atoms with Gasteiger partial charge < -0.3 is 9.13 Å². The molecule has 0 unspecified atom stereocenters. The van der Waals surface area contributed by atoms with Crippen LogP contribution < -0.4 is 0 Å². The summed E-state index contributed by atoms with van der Waals surface area (Å²) < 4.78 is 4.88. The first-order valence-corrected chi connectivity index (χ1v) is 17.2. The van der Waals surface area contributed by atoms with Crippen molar-refractivity contribution in [3.05, 3.63) is 194 Å². The Morgan fingerprint density at radius 2 is 0.720 bits per heavy atom. The molecule has 0 aliphatic heterocycles. The van der Waals surface area contributed by atoms with Gasteiger partial charge in [0.25, 0.3) is 0 Å². The van der Waals surface area contributed by atoms with Crippen LogP contribution in [0.4, 0.5) is 0 Å². The zero-order chi connectivity index (χ0) is 33.0. The predicted molar refractivity (Wildman–Crippen MR) is 211 cm³/mol. The molecule has 0 saturated carbocycles. The van der Waals surface area contributed by atoms with Crippen LogP contribution >= 0.6 is 0 Å². The molecule has 234 valence electrons. The van der Waals surface area contributed by atoms with Gasteiger partial charge in [0.15, 0.2) is 0 Å². The molecule has 2 nitrogen and oxygen atoms in total. The van der Waals surface area contributed by atoms with Gasteiger partial charge >= 0.3 is 0 Å². The van der Waals surface area contributed by atoms with E-state index >= 15 is 0 Å². The van der Waals surface area contributed by atoms with E-state index in [-0.39, 0.29) is 0 Å². The topological polar surface area (TPSA) is 9.86 Å². The molecule has 0 aliphatic carbocycles. The van der Waals surface area contributed by atoms with Crippen molar-refractivity contribution in [3.8, 4) is 44.8 Å². The van der Waals surface area contributed by atoms with Crippen LogP contribution in [0.25, 0.3) is 88.4 Å². The lowest BCUT2D eigenvalue weighted by molar-refractivity contribution is 1.18. The SMILES string of the molecule is c1ccc(-c2cccc(-n3c4ccccc4c4c(-c5cccc6c5c5ccccc5n6-c5ccccc5)cccc43)c2-c2ccccc2)cc1. The third kappa shape index (κ3) is 4.29. The summed E-state index contributed by atoms with van der Waals surface area (Å²) >= 11 is 0. The molecule has 10 rings (SSSR count). The maximum atomic E-state index is 2.48. The van der Waals surface area contributed by atoms with Crippen molar-refractivity contribution in [3.63, 3.8) is 0 Å². The molecule has 8 aromatic carbocycles. The molecule has 2 aromatic heterocycles. The Labute approximate surface area is 290 Å². The molecule has 0 radical (unpaired) electrons. The molecule has 10 aromatic rings. The summed E-state index contributed by atoms with van der Waals surface area (Å²) in [6.07, 6.45) is 0. The Bertz CT molecular complexity index is 2840. The molecule has 50 heavy (non-hydrogen) atoms. The van der Waals surface area contributed by atoms with Gasteiger partial charge in [-0.2, -0.15) is 0 Å². The Morgan fingerprint density at radius 1 is 0.280 bits per heavy atom. The molecule has 0 bridgehead atoms. The quantitative estimate of drug-likeness (QED) is 0.178. The number of aromatic nitrogens is 2. The lowest BCUT2D eigenvalue weighted by Gasteiger charge is -2.18. The van der Waals surface area contributed by atoms with Crippen molar-refractivity contribution in [1.82, 2.24) is 9.13 Å². The minimum absolute atomic E-state index is 1.16. The van der Waals surface area contributed by atoms with Crippen molar-refractivity contribution in [1.29, 1.82) is 0 Å². The summed E-state index contributed by atoms with van der Waals surface area (Å²) in [7, 11) is 0. The van der Waals surface area contributed by atoms with Crippen LogP contribution in [-0.4, -0.2) is 9.13 Å². The van der Waals surface area contributed by atoms with E-state index in [9.17, 15) is 0 Å². The Morgan fingerprint density at radius 3 is 1.34 bits per heavy atom. The van der Waals surface area contributed by atoms with Crippen molar-refractivity contribution in [2.24, 2.45) is 0 Å². The largest absolute Gasteiger partial charge is 0.309 e. The highest BCUT2D eigenvalue weighted by Crippen LogP contribution is 2.46. The van der Waals surface area contributed by atoms with Gasteiger partial charge in [0.1, 0.15) is 0 Å². The summed E-state index contributed by atoms with van der Waals surface area (Å²) in [6.45, 7) is 0. The molecule has 2 heterocycles. The number of hydrogen-bond acceptors (Lipinski definition) is 0. The van der Waals surface area contributed by atoms with Gasteiger partial charge in [0, 0.05) is 32.8 Å². The second kappa shape index (κ2) is 11.5. The number of fused-ring (bicyclic) bond motifs is 6. The molecule has 0 spiro atoms. The summed E-state index contributed by atoms with van der Waals surface area (Å²) in [5, 5.41) is 5.03. The van der Waals surface area contributed by atoms with Crippen LogP contribution in [0.5, 0.6) is 0 Å². The summed E-state index contributed by atoms with van der Waals surface area (Å²) in [6, 6.07) is 70.3. The lowest BCUT2D eigenvalue weighted by atomic mass is 9.92. The van der Waals surface area contributed by atoms with E-state index < -0.39 is 0 Å².